The highest BCUT2D eigenvalue weighted by molar-refractivity contribution is 6.25. The van der Waals surface area contributed by atoms with E-state index in [2.05, 4.69) is 5.32 Å². The molecule has 0 bridgehead atoms. The van der Waals surface area contributed by atoms with Gasteiger partial charge in [-0.25, -0.2) is 4.90 Å². The van der Waals surface area contributed by atoms with Crippen LogP contribution >= 0.6 is 0 Å². The maximum atomic E-state index is 14.1. The second-order valence-corrected chi connectivity index (χ2v) is 9.96. The lowest BCUT2D eigenvalue weighted by atomic mass is 9.75. The molecule has 0 saturated carbocycles. The lowest BCUT2D eigenvalue weighted by Crippen LogP contribution is -3.19. The number of benzene rings is 2. The lowest BCUT2D eigenvalue weighted by Gasteiger charge is -2.33. The van der Waals surface area contributed by atoms with Crippen LogP contribution in [0.1, 0.15) is 35.1 Å². The summed E-state index contributed by atoms with van der Waals surface area (Å²) in [6.07, 6.45) is 1.63. The quantitative estimate of drug-likeness (QED) is 0.400. The Morgan fingerprint density at radius 3 is 2.56 bits per heavy atom. The summed E-state index contributed by atoms with van der Waals surface area (Å²) >= 11 is 0. The minimum atomic E-state index is -1.17. The van der Waals surface area contributed by atoms with E-state index in [0.29, 0.717) is 12.1 Å². The van der Waals surface area contributed by atoms with Crippen molar-refractivity contribution in [1.29, 1.82) is 0 Å². The van der Waals surface area contributed by atoms with Gasteiger partial charge in [0.15, 0.2) is 0 Å². The Morgan fingerprint density at radius 2 is 1.82 bits per heavy atom. The van der Waals surface area contributed by atoms with Crippen molar-refractivity contribution in [2.24, 2.45) is 11.8 Å². The van der Waals surface area contributed by atoms with Gasteiger partial charge in [-0.05, 0) is 43.5 Å². The van der Waals surface area contributed by atoms with Gasteiger partial charge in [0.1, 0.15) is 17.9 Å². The van der Waals surface area contributed by atoms with Gasteiger partial charge in [-0.1, -0.05) is 12.1 Å². The number of anilines is 2. The minimum absolute atomic E-state index is 0.149. The van der Waals surface area contributed by atoms with E-state index < -0.39 is 28.2 Å². The van der Waals surface area contributed by atoms with Crippen LogP contribution in [0.2, 0.25) is 0 Å². The number of nitrogens with zero attached hydrogens (tertiary/aromatic N) is 2. The zero-order chi connectivity index (χ0) is 24.1. The van der Waals surface area contributed by atoms with E-state index in [4.69, 9.17) is 0 Å². The van der Waals surface area contributed by atoms with E-state index in [1.165, 1.54) is 12.1 Å². The molecule has 3 saturated heterocycles. The molecule has 4 aliphatic heterocycles. The largest absolute Gasteiger partial charge is 0.320 e. The first kappa shape index (κ1) is 21.0. The number of non-ortho nitro benzene ring substituents is 1. The van der Waals surface area contributed by atoms with Crippen molar-refractivity contribution in [3.05, 3.63) is 62.7 Å². The Hall–Kier alpha value is -3.59. The third kappa shape index (κ3) is 2.30. The molecule has 1 spiro atoms. The molecule has 2 aromatic rings. The number of nitro benzene ring substituents is 1. The molecule has 174 valence electrons. The Balaban J connectivity index is 1.56. The number of carbonyl (C=O) groups excluding carboxylic acids is 3. The van der Waals surface area contributed by atoms with Crippen LogP contribution in [0.4, 0.5) is 17.1 Å². The number of imide groups is 1. The average Bonchev–Trinajstić information content (AvgIpc) is 3.50. The highest BCUT2D eigenvalue weighted by Gasteiger charge is 2.78. The Bertz CT molecular complexity index is 1340. The summed E-state index contributed by atoms with van der Waals surface area (Å²) in [7, 11) is 0. The fraction of sp³-hybridized carbons (Fsp3) is 0.400. The van der Waals surface area contributed by atoms with Crippen molar-refractivity contribution < 1.29 is 24.2 Å². The molecule has 5 atom stereocenters. The molecule has 9 nitrogen and oxygen atoms in total. The summed E-state index contributed by atoms with van der Waals surface area (Å²) in [5.41, 5.74) is 3.01. The smallest absolute Gasteiger partial charge is 0.291 e. The number of fused-ring (bicyclic) bond motifs is 7. The van der Waals surface area contributed by atoms with Crippen molar-refractivity contribution in [3.8, 4) is 0 Å². The first-order valence-electron chi connectivity index (χ1n) is 11.6. The fourth-order valence-electron chi connectivity index (χ4n) is 6.97. The molecular weight excluding hydrogens is 436 g/mol. The number of rotatable bonds is 2. The van der Waals surface area contributed by atoms with Gasteiger partial charge in [0.2, 0.25) is 17.4 Å². The van der Waals surface area contributed by atoms with Gasteiger partial charge in [-0.2, -0.15) is 0 Å². The maximum absolute atomic E-state index is 14.1. The summed E-state index contributed by atoms with van der Waals surface area (Å²) in [6.45, 7) is 6.37. The molecule has 0 aromatic heterocycles. The molecular formula is C25H25N4O5+. The molecule has 4 heterocycles. The molecule has 2 aromatic carbocycles. The van der Waals surface area contributed by atoms with E-state index in [0.717, 1.165) is 45.0 Å². The van der Waals surface area contributed by atoms with Gasteiger partial charge in [0, 0.05) is 30.5 Å². The normalized spacial score (nSPS) is 31.1. The molecule has 0 aliphatic carbocycles. The van der Waals surface area contributed by atoms with E-state index in [9.17, 15) is 24.5 Å². The average molecular weight is 461 g/mol. The SMILES string of the molecule is Cc1ccc([N+](=O)[O-])cc1N1C(=O)[C@H]2[C@@H](C1=O)[C@@]1(C(=O)Nc3c1ccc(C)c3C)[NH+]1CCC[C@@H]21. The third-order valence-electron chi connectivity index (χ3n) is 8.57. The number of hydrogen-bond acceptors (Lipinski definition) is 5. The molecule has 34 heavy (non-hydrogen) atoms. The minimum Gasteiger partial charge on any atom is -0.320 e. The maximum Gasteiger partial charge on any atom is 0.291 e. The van der Waals surface area contributed by atoms with Crippen molar-refractivity contribution in [2.75, 3.05) is 16.8 Å². The van der Waals surface area contributed by atoms with Gasteiger partial charge >= 0.3 is 0 Å². The summed E-state index contributed by atoms with van der Waals surface area (Å²) in [5.74, 6) is -2.51. The molecule has 6 rings (SSSR count). The van der Waals surface area contributed by atoms with E-state index >= 15 is 0 Å². The number of aryl methyl sites for hydroxylation is 2. The molecule has 1 unspecified atom stereocenters. The number of nitrogens with one attached hydrogen (secondary N) is 2. The fourth-order valence-corrected chi connectivity index (χ4v) is 6.97. The zero-order valence-corrected chi connectivity index (χ0v) is 19.2. The Kier molecular flexibility index (Phi) is 4.15. The van der Waals surface area contributed by atoms with E-state index in [1.54, 1.807) is 13.0 Å². The van der Waals surface area contributed by atoms with Gasteiger partial charge in [-0.15, -0.1) is 0 Å². The molecule has 3 amide bonds. The number of amides is 3. The predicted octanol–water partition coefficient (Wildman–Crippen LogP) is 1.53. The van der Waals surface area contributed by atoms with Gasteiger partial charge < -0.3 is 10.2 Å². The predicted molar refractivity (Wildman–Crippen MR) is 122 cm³/mol. The second kappa shape index (κ2) is 6.73. The summed E-state index contributed by atoms with van der Waals surface area (Å²) < 4.78 is 0. The van der Waals surface area contributed by atoms with Gasteiger partial charge in [0.05, 0.1) is 22.8 Å². The first-order chi connectivity index (χ1) is 16.2. The Labute approximate surface area is 195 Å². The molecule has 0 radical (unpaired) electrons. The zero-order valence-electron chi connectivity index (χ0n) is 19.2. The number of hydrogen-bond donors (Lipinski definition) is 2. The topological polar surface area (TPSA) is 114 Å². The van der Waals surface area contributed by atoms with E-state index in [1.807, 2.05) is 26.0 Å². The van der Waals surface area contributed by atoms with Crippen LogP contribution in [-0.4, -0.2) is 35.2 Å². The number of quaternary nitrogens is 1. The number of carbonyl (C=O) groups is 3. The van der Waals surface area contributed by atoms with Crippen LogP contribution < -0.4 is 15.1 Å². The second-order valence-electron chi connectivity index (χ2n) is 9.96. The molecule has 2 N–H and O–H groups in total. The van der Waals surface area contributed by atoms with Crippen LogP contribution in [0.25, 0.3) is 0 Å². The highest BCUT2D eigenvalue weighted by atomic mass is 16.6. The van der Waals surface area contributed by atoms with Crippen LogP contribution in [0.5, 0.6) is 0 Å². The van der Waals surface area contributed by atoms with Crippen LogP contribution in [0, 0.1) is 42.7 Å². The molecule has 9 heteroatoms. The molecule has 4 aliphatic rings. The monoisotopic (exact) mass is 461 g/mol. The third-order valence-corrected chi connectivity index (χ3v) is 8.57. The van der Waals surface area contributed by atoms with Crippen LogP contribution in [0.15, 0.2) is 30.3 Å². The van der Waals surface area contributed by atoms with Crippen molar-refractivity contribution >= 4 is 34.8 Å². The van der Waals surface area contributed by atoms with Crippen molar-refractivity contribution in [2.45, 2.75) is 45.2 Å². The van der Waals surface area contributed by atoms with E-state index in [-0.39, 0.29) is 29.2 Å². The summed E-state index contributed by atoms with van der Waals surface area (Å²) in [5, 5.41) is 14.5. The Morgan fingerprint density at radius 1 is 1.09 bits per heavy atom. The van der Waals surface area contributed by atoms with Crippen molar-refractivity contribution in [1.82, 2.24) is 0 Å². The summed E-state index contributed by atoms with van der Waals surface area (Å²) in [4.78, 5) is 54.7. The summed E-state index contributed by atoms with van der Waals surface area (Å²) in [6, 6.07) is 7.95. The van der Waals surface area contributed by atoms with Crippen LogP contribution in [-0.2, 0) is 19.9 Å². The van der Waals surface area contributed by atoms with Gasteiger partial charge in [-0.3, -0.25) is 24.5 Å². The first-order valence-corrected chi connectivity index (χ1v) is 11.6. The highest BCUT2D eigenvalue weighted by Crippen LogP contribution is 2.53. The van der Waals surface area contributed by atoms with Crippen LogP contribution in [0.3, 0.4) is 0 Å². The van der Waals surface area contributed by atoms with Crippen molar-refractivity contribution in [3.63, 3.8) is 0 Å². The molecule has 3 fully saturated rings. The number of nitro groups is 1. The standard InChI is InChI=1S/C25H24N4O5/c1-12-7-9-16-21(14(12)3)26-24(32)25(16)20-19(17-5-4-10-27(17)25)22(30)28(23(20)31)18-11-15(29(33)34)8-6-13(18)2/h6-9,11,17,19-20H,4-5,10H2,1-3H3,(H,26,32)/p+1/t17-,19+,20-,25-/m0/s1. The lowest BCUT2D eigenvalue weighted by molar-refractivity contribution is -0.948. The van der Waals surface area contributed by atoms with Gasteiger partial charge in [0.25, 0.3) is 11.6 Å².